The summed E-state index contributed by atoms with van der Waals surface area (Å²) in [5, 5.41) is 0. The molecule has 0 N–H and O–H groups in total. The van der Waals surface area contributed by atoms with Gasteiger partial charge in [-0.3, -0.25) is 9.80 Å². The Morgan fingerprint density at radius 2 is 1.59 bits per heavy atom. The standard InChI is InChI=1S/C25H29N3O/c1-20-9-6-7-13-23(20)25-26-24(21(2)29-25)19-28-17-15-27(16-18-28)14-8-12-22-10-4-3-5-11-22/h3-13H,14-19H2,1-2H3/b12-8+. The Bertz CT molecular complexity index is 953. The van der Waals surface area contributed by atoms with Crippen LogP contribution < -0.4 is 0 Å². The highest BCUT2D eigenvalue weighted by Crippen LogP contribution is 2.25. The highest BCUT2D eigenvalue weighted by molar-refractivity contribution is 5.58. The first kappa shape index (κ1) is 19.6. The summed E-state index contributed by atoms with van der Waals surface area (Å²) in [6.07, 6.45) is 4.47. The first-order chi connectivity index (χ1) is 14.2. The van der Waals surface area contributed by atoms with Gasteiger partial charge >= 0.3 is 0 Å². The maximum Gasteiger partial charge on any atom is 0.226 e. The molecule has 0 amide bonds. The Morgan fingerprint density at radius 3 is 2.34 bits per heavy atom. The third-order valence-corrected chi connectivity index (χ3v) is 5.58. The van der Waals surface area contributed by atoms with Gasteiger partial charge < -0.3 is 4.42 Å². The fraction of sp³-hybridized carbons (Fsp3) is 0.320. The number of rotatable bonds is 6. The Balaban J connectivity index is 1.30. The minimum Gasteiger partial charge on any atom is -0.441 e. The lowest BCUT2D eigenvalue weighted by Gasteiger charge is -2.33. The number of aromatic nitrogens is 1. The van der Waals surface area contributed by atoms with Crippen LogP contribution in [0, 0.1) is 13.8 Å². The molecule has 1 saturated heterocycles. The smallest absolute Gasteiger partial charge is 0.226 e. The van der Waals surface area contributed by atoms with Crippen LogP contribution in [-0.2, 0) is 6.54 Å². The molecule has 2 aromatic carbocycles. The van der Waals surface area contributed by atoms with Gasteiger partial charge in [-0.15, -0.1) is 0 Å². The minimum absolute atomic E-state index is 0.736. The predicted molar refractivity (Wildman–Crippen MR) is 119 cm³/mol. The molecule has 4 rings (SSSR count). The summed E-state index contributed by atoms with van der Waals surface area (Å²) in [6, 6.07) is 18.7. The van der Waals surface area contributed by atoms with E-state index in [2.05, 4.69) is 71.3 Å². The maximum absolute atomic E-state index is 5.98. The molecule has 1 aliphatic rings. The second-order valence-electron chi connectivity index (χ2n) is 7.73. The summed E-state index contributed by atoms with van der Waals surface area (Å²) < 4.78 is 5.98. The molecular weight excluding hydrogens is 358 g/mol. The van der Waals surface area contributed by atoms with Crippen molar-refractivity contribution in [2.24, 2.45) is 0 Å². The van der Waals surface area contributed by atoms with Crippen molar-refractivity contribution in [2.45, 2.75) is 20.4 Å². The first-order valence-electron chi connectivity index (χ1n) is 10.4. The third kappa shape index (κ3) is 5.03. The van der Waals surface area contributed by atoms with Crippen LogP contribution in [0.5, 0.6) is 0 Å². The van der Waals surface area contributed by atoms with Crippen LogP contribution in [0.1, 0.15) is 22.6 Å². The van der Waals surface area contributed by atoms with Gasteiger partial charge in [0.2, 0.25) is 5.89 Å². The lowest BCUT2D eigenvalue weighted by molar-refractivity contribution is 0.135. The average molecular weight is 388 g/mol. The molecule has 150 valence electrons. The van der Waals surface area contributed by atoms with E-state index in [0.717, 1.165) is 62.2 Å². The van der Waals surface area contributed by atoms with Gasteiger partial charge in [0.1, 0.15) is 5.76 Å². The van der Waals surface area contributed by atoms with Crippen molar-refractivity contribution in [3.05, 3.63) is 83.3 Å². The van der Waals surface area contributed by atoms with E-state index in [1.165, 1.54) is 11.1 Å². The van der Waals surface area contributed by atoms with Gasteiger partial charge in [-0.2, -0.15) is 0 Å². The summed E-state index contributed by atoms with van der Waals surface area (Å²) in [5.41, 5.74) is 4.59. The Morgan fingerprint density at radius 1 is 0.897 bits per heavy atom. The Hall–Kier alpha value is -2.69. The van der Waals surface area contributed by atoms with Gasteiger partial charge in [-0.1, -0.05) is 60.7 Å². The second-order valence-corrected chi connectivity index (χ2v) is 7.73. The number of oxazole rings is 1. The van der Waals surface area contributed by atoms with Gasteiger partial charge in [0.05, 0.1) is 5.69 Å². The zero-order valence-corrected chi connectivity index (χ0v) is 17.3. The fourth-order valence-electron chi connectivity index (χ4n) is 3.75. The normalized spacial score (nSPS) is 15.9. The molecule has 4 heteroatoms. The third-order valence-electron chi connectivity index (χ3n) is 5.58. The Kier molecular flexibility index (Phi) is 6.23. The average Bonchev–Trinajstić information content (AvgIpc) is 3.10. The summed E-state index contributed by atoms with van der Waals surface area (Å²) >= 11 is 0. The number of aryl methyl sites for hydroxylation is 2. The quantitative estimate of drug-likeness (QED) is 0.609. The zero-order chi connectivity index (χ0) is 20.1. The highest BCUT2D eigenvalue weighted by atomic mass is 16.4. The molecule has 0 unspecified atom stereocenters. The maximum atomic E-state index is 5.98. The van der Waals surface area contributed by atoms with Gasteiger partial charge in [0, 0.05) is 44.8 Å². The van der Waals surface area contributed by atoms with Crippen molar-refractivity contribution in [1.29, 1.82) is 0 Å². The molecular formula is C25H29N3O. The summed E-state index contributed by atoms with van der Waals surface area (Å²) in [6.45, 7) is 10.3. The van der Waals surface area contributed by atoms with Crippen LogP contribution in [-0.4, -0.2) is 47.5 Å². The number of hydrogen-bond acceptors (Lipinski definition) is 4. The van der Waals surface area contributed by atoms with Crippen LogP contribution >= 0.6 is 0 Å². The molecule has 0 spiro atoms. The molecule has 1 fully saturated rings. The van der Waals surface area contributed by atoms with Crippen LogP contribution in [0.2, 0.25) is 0 Å². The lowest BCUT2D eigenvalue weighted by Crippen LogP contribution is -2.45. The van der Waals surface area contributed by atoms with Crippen LogP contribution in [0.4, 0.5) is 0 Å². The molecule has 0 radical (unpaired) electrons. The van der Waals surface area contributed by atoms with Crippen molar-refractivity contribution in [1.82, 2.24) is 14.8 Å². The van der Waals surface area contributed by atoms with E-state index in [-0.39, 0.29) is 0 Å². The molecule has 1 aromatic heterocycles. The van der Waals surface area contributed by atoms with Crippen molar-refractivity contribution in [3.63, 3.8) is 0 Å². The van der Waals surface area contributed by atoms with Gasteiger partial charge in [0.15, 0.2) is 0 Å². The highest BCUT2D eigenvalue weighted by Gasteiger charge is 2.20. The molecule has 29 heavy (non-hydrogen) atoms. The number of piperazine rings is 1. The minimum atomic E-state index is 0.736. The van der Waals surface area contributed by atoms with Crippen LogP contribution in [0.25, 0.3) is 17.5 Å². The predicted octanol–water partition coefficient (Wildman–Crippen LogP) is 4.79. The van der Waals surface area contributed by atoms with E-state index in [1.807, 2.05) is 19.1 Å². The molecule has 0 atom stereocenters. The zero-order valence-electron chi connectivity index (χ0n) is 17.3. The molecule has 4 nitrogen and oxygen atoms in total. The molecule has 0 aliphatic carbocycles. The largest absolute Gasteiger partial charge is 0.441 e. The second kappa shape index (κ2) is 9.21. The van der Waals surface area contributed by atoms with Crippen LogP contribution in [0.3, 0.4) is 0 Å². The summed E-state index contributed by atoms with van der Waals surface area (Å²) in [4.78, 5) is 9.78. The molecule has 0 saturated carbocycles. The SMILES string of the molecule is Cc1ccccc1-c1nc(CN2CCN(C/C=C/c3ccccc3)CC2)c(C)o1. The van der Waals surface area contributed by atoms with Crippen molar-refractivity contribution < 1.29 is 4.42 Å². The summed E-state index contributed by atoms with van der Waals surface area (Å²) in [7, 11) is 0. The topological polar surface area (TPSA) is 32.5 Å². The summed E-state index contributed by atoms with van der Waals surface area (Å²) in [5.74, 6) is 1.66. The lowest BCUT2D eigenvalue weighted by atomic mass is 10.1. The first-order valence-corrected chi connectivity index (χ1v) is 10.4. The monoisotopic (exact) mass is 387 g/mol. The van der Waals surface area contributed by atoms with Gasteiger partial charge in [-0.05, 0) is 31.0 Å². The molecule has 3 aromatic rings. The van der Waals surface area contributed by atoms with E-state index in [0.29, 0.717) is 0 Å². The van der Waals surface area contributed by atoms with Crippen LogP contribution in [0.15, 0.2) is 65.1 Å². The van der Waals surface area contributed by atoms with E-state index in [9.17, 15) is 0 Å². The van der Waals surface area contributed by atoms with E-state index < -0.39 is 0 Å². The van der Waals surface area contributed by atoms with E-state index >= 15 is 0 Å². The molecule has 0 bridgehead atoms. The van der Waals surface area contributed by atoms with Crippen molar-refractivity contribution >= 4 is 6.08 Å². The van der Waals surface area contributed by atoms with Crippen molar-refractivity contribution in [2.75, 3.05) is 32.7 Å². The van der Waals surface area contributed by atoms with E-state index in [1.54, 1.807) is 0 Å². The number of hydrogen-bond donors (Lipinski definition) is 0. The molecule has 2 heterocycles. The Labute approximate surface area is 173 Å². The molecule has 1 aliphatic heterocycles. The number of benzene rings is 2. The van der Waals surface area contributed by atoms with E-state index in [4.69, 9.17) is 9.40 Å². The fourth-order valence-corrected chi connectivity index (χ4v) is 3.75. The van der Waals surface area contributed by atoms with Crippen molar-refractivity contribution in [3.8, 4) is 11.5 Å². The number of nitrogens with zero attached hydrogens (tertiary/aromatic N) is 3. The van der Waals surface area contributed by atoms with Gasteiger partial charge in [0.25, 0.3) is 0 Å². The van der Waals surface area contributed by atoms with Gasteiger partial charge in [-0.25, -0.2) is 4.98 Å².